The first-order chi connectivity index (χ1) is 12.3. The monoisotopic (exact) mass is 376 g/mol. The molecule has 1 aromatic carbocycles. The van der Waals surface area contributed by atoms with Crippen molar-refractivity contribution in [1.29, 1.82) is 0 Å². The van der Waals surface area contributed by atoms with Crippen molar-refractivity contribution in [2.75, 3.05) is 18.7 Å². The minimum absolute atomic E-state index is 0.184. The lowest BCUT2D eigenvalue weighted by Crippen LogP contribution is -2.02. The van der Waals surface area contributed by atoms with Gasteiger partial charge < -0.3 is 14.6 Å². The first kappa shape index (κ1) is 18.0. The van der Waals surface area contributed by atoms with Crippen molar-refractivity contribution in [2.45, 2.75) is 18.4 Å². The summed E-state index contributed by atoms with van der Waals surface area (Å²) in [5, 5.41) is 11.4. The van der Waals surface area contributed by atoms with Gasteiger partial charge in [0.2, 0.25) is 0 Å². The number of hydrogen-bond donors (Lipinski definition) is 1. The summed E-state index contributed by atoms with van der Waals surface area (Å²) < 4.78 is 35.9. The Bertz CT molecular complexity index is 1040. The predicted molar refractivity (Wildman–Crippen MR) is 96.9 cm³/mol. The number of benzene rings is 1. The highest BCUT2D eigenvalue weighted by Gasteiger charge is 2.13. The van der Waals surface area contributed by atoms with Gasteiger partial charge in [0.15, 0.2) is 15.6 Å². The fourth-order valence-electron chi connectivity index (χ4n) is 2.47. The third kappa shape index (κ3) is 3.72. The first-order valence-corrected chi connectivity index (χ1v) is 9.74. The molecule has 0 saturated carbocycles. The van der Waals surface area contributed by atoms with Crippen LogP contribution in [0.1, 0.15) is 11.5 Å². The van der Waals surface area contributed by atoms with E-state index in [0.717, 1.165) is 17.5 Å². The molecule has 9 heteroatoms. The molecule has 26 heavy (non-hydrogen) atoms. The predicted octanol–water partition coefficient (Wildman–Crippen LogP) is 2.41. The van der Waals surface area contributed by atoms with Gasteiger partial charge in [0, 0.05) is 42.4 Å². The molecule has 138 valence electrons. The number of rotatable bonds is 6. The van der Waals surface area contributed by atoms with E-state index in [9.17, 15) is 8.42 Å². The zero-order valence-electron chi connectivity index (χ0n) is 15.0. The lowest BCUT2D eigenvalue weighted by Gasteiger charge is -2.09. The molecule has 3 rings (SSSR count). The fraction of sp³-hybridized carbons (Fsp3) is 0.294. The van der Waals surface area contributed by atoms with E-state index < -0.39 is 9.84 Å². The van der Waals surface area contributed by atoms with Crippen LogP contribution in [0.3, 0.4) is 0 Å². The Morgan fingerprint density at radius 1 is 1.27 bits per heavy atom. The minimum atomic E-state index is -3.34. The summed E-state index contributed by atoms with van der Waals surface area (Å²) in [5.41, 5.74) is 3.21. The van der Waals surface area contributed by atoms with Crippen LogP contribution in [-0.2, 0) is 23.4 Å². The molecule has 2 aromatic heterocycles. The second-order valence-corrected chi connectivity index (χ2v) is 7.98. The SMILES string of the molecule is COc1cc(NCc2cc(-c3cnn(C)c3C)no2)cc(S(C)(=O)=O)c1. The van der Waals surface area contributed by atoms with Crippen LogP contribution in [-0.4, -0.2) is 36.7 Å². The Labute approximate surface area is 151 Å². The second-order valence-electron chi connectivity index (χ2n) is 5.97. The van der Waals surface area contributed by atoms with Crippen molar-refractivity contribution in [3.8, 4) is 17.0 Å². The lowest BCUT2D eigenvalue weighted by atomic mass is 10.2. The van der Waals surface area contributed by atoms with Gasteiger partial charge in [0.25, 0.3) is 0 Å². The molecule has 0 radical (unpaired) electrons. The van der Waals surface area contributed by atoms with Gasteiger partial charge in [-0.25, -0.2) is 8.42 Å². The van der Waals surface area contributed by atoms with E-state index in [-0.39, 0.29) is 4.90 Å². The van der Waals surface area contributed by atoms with E-state index in [2.05, 4.69) is 15.6 Å². The molecule has 0 aliphatic carbocycles. The number of nitrogens with zero attached hydrogens (tertiary/aromatic N) is 3. The first-order valence-electron chi connectivity index (χ1n) is 7.85. The molecule has 3 aromatic rings. The molecule has 0 unspecified atom stereocenters. The van der Waals surface area contributed by atoms with Crippen LogP contribution in [0.15, 0.2) is 39.9 Å². The zero-order valence-corrected chi connectivity index (χ0v) is 15.8. The van der Waals surface area contributed by atoms with Crippen molar-refractivity contribution in [3.63, 3.8) is 0 Å². The Morgan fingerprint density at radius 3 is 2.65 bits per heavy atom. The van der Waals surface area contributed by atoms with Crippen molar-refractivity contribution in [3.05, 3.63) is 41.9 Å². The average Bonchev–Trinajstić information content (AvgIpc) is 3.19. The van der Waals surface area contributed by atoms with Crippen molar-refractivity contribution >= 4 is 15.5 Å². The molecule has 0 amide bonds. The summed E-state index contributed by atoms with van der Waals surface area (Å²) >= 11 is 0. The summed E-state index contributed by atoms with van der Waals surface area (Å²) in [7, 11) is 0.0146. The molecule has 2 heterocycles. The highest BCUT2D eigenvalue weighted by Crippen LogP contribution is 2.26. The van der Waals surface area contributed by atoms with Crippen LogP contribution in [0.25, 0.3) is 11.3 Å². The van der Waals surface area contributed by atoms with Gasteiger partial charge in [-0.15, -0.1) is 0 Å². The number of hydrogen-bond acceptors (Lipinski definition) is 7. The largest absolute Gasteiger partial charge is 0.497 e. The molecule has 0 aliphatic rings. The Morgan fingerprint density at radius 2 is 2.04 bits per heavy atom. The van der Waals surface area contributed by atoms with E-state index in [4.69, 9.17) is 9.26 Å². The van der Waals surface area contributed by atoms with E-state index in [1.165, 1.54) is 13.2 Å². The van der Waals surface area contributed by atoms with Crippen LogP contribution in [0, 0.1) is 6.92 Å². The Hall–Kier alpha value is -2.81. The van der Waals surface area contributed by atoms with Gasteiger partial charge in [-0.3, -0.25) is 4.68 Å². The van der Waals surface area contributed by atoms with Gasteiger partial charge in [-0.1, -0.05) is 5.16 Å². The Balaban J connectivity index is 1.79. The number of sulfone groups is 1. The minimum Gasteiger partial charge on any atom is -0.497 e. The van der Waals surface area contributed by atoms with Crippen LogP contribution in [0.5, 0.6) is 5.75 Å². The standard InChI is InChI=1S/C17H20N4O4S/c1-11-16(10-19-21(11)2)17-8-14(25-20-17)9-18-12-5-13(24-3)7-15(6-12)26(4,22)23/h5-8,10,18H,9H2,1-4H3. The van der Waals surface area contributed by atoms with Crippen LogP contribution >= 0.6 is 0 Å². The number of aryl methyl sites for hydroxylation is 1. The number of aromatic nitrogens is 3. The quantitative estimate of drug-likeness (QED) is 0.705. The summed E-state index contributed by atoms with van der Waals surface area (Å²) in [6.07, 6.45) is 2.90. The van der Waals surface area contributed by atoms with Gasteiger partial charge in [0.05, 0.1) is 24.7 Å². The number of nitrogens with one attached hydrogen (secondary N) is 1. The molecule has 0 saturated heterocycles. The van der Waals surface area contributed by atoms with Crippen molar-refractivity contribution in [1.82, 2.24) is 14.9 Å². The zero-order chi connectivity index (χ0) is 18.9. The molecular formula is C17H20N4O4S. The maximum atomic E-state index is 11.8. The molecular weight excluding hydrogens is 356 g/mol. The van der Waals surface area contributed by atoms with Gasteiger partial charge in [0.1, 0.15) is 11.4 Å². The highest BCUT2D eigenvalue weighted by molar-refractivity contribution is 7.90. The smallest absolute Gasteiger partial charge is 0.175 e. The topological polar surface area (TPSA) is 99.2 Å². The molecule has 0 bridgehead atoms. The van der Waals surface area contributed by atoms with E-state index >= 15 is 0 Å². The Kier molecular flexibility index (Phi) is 4.73. The molecule has 8 nitrogen and oxygen atoms in total. The average molecular weight is 376 g/mol. The van der Waals surface area contributed by atoms with Gasteiger partial charge in [-0.05, 0) is 19.1 Å². The van der Waals surface area contributed by atoms with Gasteiger partial charge in [-0.2, -0.15) is 5.10 Å². The number of ether oxygens (including phenoxy) is 1. The van der Waals surface area contributed by atoms with E-state index in [0.29, 0.717) is 29.4 Å². The molecule has 0 spiro atoms. The molecule has 0 aliphatic heterocycles. The summed E-state index contributed by atoms with van der Waals surface area (Å²) in [6, 6.07) is 6.59. The fourth-order valence-corrected chi connectivity index (χ4v) is 3.14. The summed E-state index contributed by atoms with van der Waals surface area (Å²) in [5.74, 6) is 1.08. The van der Waals surface area contributed by atoms with Crippen LogP contribution < -0.4 is 10.1 Å². The normalized spacial score (nSPS) is 11.5. The van der Waals surface area contributed by atoms with Crippen molar-refractivity contribution in [2.24, 2.45) is 7.05 Å². The highest BCUT2D eigenvalue weighted by atomic mass is 32.2. The maximum absolute atomic E-state index is 11.8. The van der Waals surface area contributed by atoms with E-state index in [1.54, 1.807) is 23.0 Å². The van der Waals surface area contributed by atoms with Crippen LogP contribution in [0.4, 0.5) is 5.69 Å². The number of anilines is 1. The third-order valence-electron chi connectivity index (χ3n) is 4.08. The van der Waals surface area contributed by atoms with Crippen LogP contribution in [0.2, 0.25) is 0 Å². The molecule has 1 N–H and O–H groups in total. The summed E-state index contributed by atoms with van der Waals surface area (Å²) in [4.78, 5) is 0.184. The van der Waals surface area contributed by atoms with Crippen molar-refractivity contribution < 1.29 is 17.7 Å². The van der Waals surface area contributed by atoms with E-state index in [1.807, 2.05) is 20.0 Å². The maximum Gasteiger partial charge on any atom is 0.175 e. The lowest BCUT2D eigenvalue weighted by molar-refractivity contribution is 0.390. The molecule has 0 fully saturated rings. The van der Waals surface area contributed by atoms with Gasteiger partial charge >= 0.3 is 0 Å². The third-order valence-corrected chi connectivity index (χ3v) is 5.17. The number of methoxy groups -OCH3 is 1. The second kappa shape index (κ2) is 6.83. The molecule has 0 atom stereocenters. The summed E-state index contributed by atoms with van der Waals surface area (Å²) in [6.45, 7) is 2.31.